The first kappa shape index (κ1) is 21.3. The number of carbonyl (C=O) groups is 1. The van der Waals surface area contributed by atoms with E-state index in [1.807, 2.05) is 43.3 Å². The molecule has 4 heteroatoms. The average Bonchev–Trinajstić information content (AvgIpc) is 2.75. The van der Waals surface area contributed by atoms with Gasteiger partial charge in [-0.3, -0.25) is 9.78 Å². The second kappa shape index (κ2) is 9.36. The Morgan fingerprint density at radius 2 is 1.66 bits per heavy atom. The predicted octanol–water partition coefficient (Wildman–Crippen LogP) is 6.85. The van der Waals surface area contributed by atoms with E-state index in [4.69, 9.17) is 0 Å². The molecular weight excluding hydrogens is 372 g/mol. The van der Waals surface area contributed by atoms with Crippen molar-refractivity contribution in [1.29, 1.82) is 0 Å². The summed E-state index contributed by atoms with van der Waals surface area (Å²) in [5.41, 5.74) is 4.62. The molecule has 0 saturated carbocycles. The SMILES string of the molecule is CC[Si](CC)(CC)CCc1cccc(C)c1C(=O)Nc1cccc2cccnc12. The highest BCUT2D eigenvalue weighted by molar-refractivity contribution is 6.79. The number of para-hydroxylation sites is 1. The van der Waals surface area contributed by atoms with Gasteiger partial charge in [0.25, 0.3) is 5.91 Å². The molecule has 1 heterocycles. The number of fused-ring (bicyclic) bond motifs is 1. The number of hydrogen-bond donors (Lipinski definition) is 1. The summed E-state index contributed by atoms with van der Waals surface area (Å²) in [7, 11) is -1.23. The monoisotopic (exact) mass is 404 g/mol. The van der Waals surface area contributed by atoms with Gasteiger partial charge in [0.15, 0.2) is 0 Å². The second-order valence-electron chi connectivity index (χ2n) is 8.00. The zero-order valence-corrected chi connectivity index (χ0v) is 19.1. The fourth-order valence-electron chi connectivity index (χ4n) is 4.33. The molecule has 0 aliphatic carbocycles. The van der Waals surface area contributed by atoms with Gasteiger partial charge in [0, 0.05) is 17.1 Å². The lowest BCUT2D eigenvalue weighted by Gasteiger charge is -2.28. The number of rotatable bonds is 8. The molecule has 2 aromatic carbocycles. The van der Waals surface area contributed by atoms with Gasteiger partial charge < -0.3 is 5.32 Å². The first-order valence-electron chi connectivity index (χ1n) is 10.8. The predicted molar refractivity (Wildman–Crippen MR) is 127 cm³/mol. The van der Waals surface area contributed by atoms with E-state index in [0.29, 0.717) is 0 Å². The molecule has 0 spiro atoms. The largest absolute Gasteiger partial charge is 0.320 e. The minimum atomic E-state index is -1.23. The number of carbonyl (C=O) groups excluding carboxylic acids is 1. The van der Waals surface area contributed by atoms with Gasteiger partial charge in [-0.2, -0.15) is 0 Å². The zero-order chi connectivity index (χ0) is 20.9. The summed E-state index contributed by atoms with van der Waals surface area (Å²) < 4.78 is 0. The molecule has 0 fully saturated rings. The van der Waals surface area contributed by atoms with Crippen molar-refractivity contribution in [3.8, 4) is 0 Å². The van der Waals surface area contributed by atoms with Gasteiger partial charge >= 0.3 is 0 Å². The van der Waals surface area contributed by atoms with Gasteiger partial charge in [0.05, 0.1) is 19.3 Å². The first-order chi connectivity index (χ1) is 14.0. The fraction of sp³-hybridized carbons (Fsp3) is 0.360. The smallest absolute Gasteiger partial charge is 0.256 e. The molecule has 0 atom stereocenters. The van der Waals surface area contributed by atoms with Crippen LogP contribution < -0.4 is 5.32 Å². The summed E-state index contributed by atoms with van der Waals surface area (Å²) >= 11 is 0. The Labute approximate surface area is 175 Å². The summed E-state index contributed by atoms with van der Waals surface area (Å²) in [6, 6.07) is 21.3. The first-order valence-corrected chi connectivity index (χ1v) is 13.6. The van der Waals surface area contributed by atoms with Crippen LogP contribution in [0.25, 0.3) is 10.9 Å². The number of aryl methyl sites for hydroxylation is 2. The van der Waals surface area contributed by atoms with E-state index >= 15 is 0 Å². The Morgan fingerprint density at radius 1 is 0.966 bits per heavy atom. The van der Waals surface area contributed by atoms with Gasteiger partial charge in [0.2, 0.25) is 0 Å². The Morgan fingerprint density at radius 3 is 2.38 bits per heavy atom. The van der Waals surface area contributed by atoms with Crippen molar-refractivity contribution in [2.75, 3.05) is 5.32 Å². The van der Waals surface area contributed by atoms with Crippen LogP contribution in [0.4, 0.5) is 5.69 Å². The van der Waals surface area contributed by atoms with Crippen molar-refractivity contribution >= 4 is 30.6 Å². The lowest BCUT2D eigenvalue weighted by atomic mass is 9.99. The lowest BCUT2D eigenvalue weighted by Crippen LogP contribution is -2.31. The number of amides is 1. The van der Waals surface area contributed by atoms with Crippen molar-refractivity contribution < 1.29 is 4.79 Å². The molecule has 29 heavy (non-hydrogen) atoms. The number of hydrogen-bond acceptors (Lipinski definition) is 2. The number of nitrogens with one attached hydrogen (secondary N) is 1. The summed E-state index contributed by atoms with van der Waals surface area (Å²) in [6.45, 7) is 9.06. The molecule has 3 rings (SSSR count). The van der Waals surface area contributed by atoms with E-state index in [1.54, 1.807) is 6.20 Å². The van der Waals surface area contributed by atoms with E-state index in [9.17, 15) is 4.79 Å². The minimum Gasteiger partial charge on any atom is -0.320 e. The van der Waals surface area contributed by atoms with Crippen LogP contribution in [-0.4, -0.2) is 19.0 Å². The maximum atomic E-state index is 13.3. The summed E-state index contributed by atoms with van der Waals surface area (Å²) in [4.78, 5) is 17.8. The van der Waals surface area contributed by atoms with Crippen LogP contribution in [-0.2, 0) is 6.42 Å². The van der Waals surface area contributed by atoms with Gasteiger partial charge in [-0.1, -0.05) is 81.3 Å². The van der Waals surface area contributed by atoms with Crippen molar-refractivity contribution in [1.82, 2.24) is 4.98 Å². The van der Waals surface area contributed by atoms with Crippen molar-refractivity contribution in [2.45, 2.75) is 58.3 Å². The highest BCUT2D eigenvalue weighted by Crippen LogP contribution is 2.29. The molecule has 3 nitrogen and oxygen atoms in total. The number of benzene rings is 2. The summed E-state index contributed by atoms with van der Waals surface area (Å²) in [5, 5.41) is 4.16. The van der Waals surface area contributed by atoms with Crippen LogP contribution in [0.2, 0.25) is 24.2 Å². The van der Waals surface area contributed by atoms with Gasteiger partial charge in [0.1, 0.15) is 0 Å². The molecule has 152 valence electrons. The number of anilines is 1. The highest BCUT2D eigenvalue weighted by Gasteiger charge is 2.27. The Kier molecular flexibility index (Phi) is 6.86. The summed E-state index contributed by atoms with van der Waals surface area (Å²) in [6.07, 6.45) is 2.75. The lowest BCUT2D eigenvalue weighted by molar-refractivity contribution is 0.102. The molecule has 0 radical (unpaired) electrons. The normalized spacial score (nSPS) is 11.6. The molecule has 1 aromatic heterocycles. The van der Waals surface area contributed by atoms with Crippen molar-refractivity contribution in [3.05, 3.63) is 71.4 Å². The average molecular weight is 405 g/mol. The topological polar surface area (TPSA) is 42.0 Å². The molecule has 1 amide bonds. The van der Waals surface area contributed by atoms with Gasteiger partial charge in [-0.05, 0) is 36.6 Å². The molecule has 0 aliphatic heterocycles. The Balaban J connectivity index is 1.89. The van der Waals surface area contributed by atoms with Crippen LogP contribution in [0.3, 0.4) is 0 Å². The third kappa shape index (κ3) is 4.59. The molecule has 0 saturated heterocycles. The summed E-state index contributed by atoms with van der Waals surface area (Å²) in [5.74, 6) is -0.0342. The van der Waals surface area contributed by atoms with E-state index in [-0.39, 0.29) is 5.91 Å². The van der Waals surface area contributed by atoms with Crippen LogP contribution in [0.1, 0.15) is 42.3 Å². The van der Waals surface area contributed by atoms with E-state index in [0.717, 1.165) is 34.1 Å². The van der Waals surface area contributed by atoms with Gasteiger partial charge in [-0.25, -0.2) is 0 Å². The third-order valence-corrected chi connectivity index (χ3v) is 12.5. The fourth-order valence-corrected chi connectivity index (χ4v) is 7.69. The van der Waals surface area contributed by atoms with Crippen molar-refractivity contribution in [3.63, 3.8) is 0 Å². The van der Waals surface area contributed by atoms with E-state index < -0.39 is 8.07 Å². The van der Waals surface area contributed by atoms with Crippen LogP contribution >= 0.6 is 0 Å². The molecule has 1 N–H and O–H groups in total. The zero-order valence-electron chi connectivity index (χ0n) is 18.1. The van der Waals surface area contributed by atoms with Crippen LogP contribution in [0.15, 0.2) is 54.7 Å². The van der Waals surface area contributed by atoms with Gasteiger partial charge in [-0.15, -0.1) is 0 Å². The molecule has 3 aromatic rings. The maximum absolute atomic E-state index is 13.3. The minimum absolute atomic E-state index is 0.0342. The second-order valence-corrected chi connectivity index (χ2v) is 13.6. The third-order valence-electron chi connectivity index (χ3n) is 6.64. The van der Waals surface area contributed by atoms with Crippen molar-refractivity contribution in [2.24, 2.45) is 0 Å². The molecule has 0 unspecified atom stereocenters. The van der Waals surface area contributed by atoms with Crippen LogP contribution in [0.5, 0.6) is 0 Å². The Bertz CT molecular complexity index is 982. The highest BCUT2D eigenvalue weighted by atomic mass is 28.3. The standard InChI is InChI=1S/C25H32N2OSi/c1-5-29(6-2,7-3)18-16-20-12-8-11-19(4)23(20)25(28)27-22-15-9-13-21-14-10-17-26-24(21)22/h8-15,17H,5-7,16,18H2,1-4H3,(H,27,28). The maximum Gasteiger partial charge on any atom is 0.256 e. The number of nitrogens with zero attached hydrogens (tertiary/aromatic N) is 1. The number of pyridine rings is 1. The van der Waals surface area contributed by atoms with E-state index in [2.05, 4.69) is 43.2 Å². The van der Waals surface area contributed by atoms with Crippen LogP contribution in [0, 0.1) is 6.92 Å². The quantitative estimate of drug-likeness (QED) is 0.417. The van der Waals surface area contributed by atoms with E-state index in [1.165, 1.54) is 29.7 Å². The molecule has 0 bridgehead atoms. The molecule has 0 aliphatic rings. The number of aromatic nitrogens is 1. The molecular formula is C25H32N2OSi. The Hall–Kier alpha value is -2.46.